The predicted molar refractivity (Wildman–Crippen MR) is 296 cm³/mol. The van der Waals surface area contributed by atoms with Gasteiger partial charge in [-0.25, -0.2) is 0 Å². The number of ether oxygens (including phenoxy) is 15. The van der Waals surface area contributed by atoms with Gasteiger partial charge in [0.25, 0.3) is 0 Å². The summed E-state index contributed by atoms with van der Waals surface area (Å²) in [4.78, 5) is 25.9. The summed E-state index contributed by atoms with van der Waals surface area (Å²) in [5.74, 6) is -1.20. The van der Waals surface area contributed by atoms with Crippen molar-refractivity contribution >= 4 is 11.9 Å². The minimum Gasteiger partial charge on any atom is -0.462 e. The van der Waals surface area contributed by atoms with Gasteiger partial charge < -0.3 is 107 Å². The van der Waals surface area contributed by atoms with Crippen molar-refractivity contribution < 1.29 is 116 Å². The second kappa shape index (κ2) is 27.1. The lowest BCUT2D eigenvalue weighted by molar-refractivity contribution is -0.358. The standard InChI is InChI=1S/C61H102O24/c1-14-28(2)56(68)78-33(7)60(69)19-20-61(70)37-16-15-35-21-36(17-18-58(35,9)38(37)22-44(59(60,61)10)79-34(8)63)80-45-23-39(64)52(29(3)74-45)82-46-24-40(71-11)53(30(4)75-46)83-47-25-41(72-12)54(31(5)76-47)84-48-26-42(73-13)55(32(6)77-48)85-57-51(67)50(66)49(65)43(27-62)81-57/h28-33,35-55,57,62,64-67,69-70H,14-27H2,1-13H3/t28?,29-,30-,31-,32-,33+,35+,36+,37-,38+,39+,40+,41-,42-,43-,44-,45+,46+,47+,48+,49-,50+,51-,52-,53-,54-,55-,57+,58+,59-,60-,61+/m1/s1. The molecule has 4 aliphatic carbocycles. The average molecular weight is 1220 g/mol. The Morgan fingerprint density at radius 3 is 1.62 bits per heavy atom. The molecule has 5 saturated heterocycles. The molecule has 9 rings (SSSR count). The van der Waals surface area contributed by atoms with Crippen LogP contribution in [0.15, 0.2) is 0 Å². The first-order valence-electron chi connectivity index (χ1n) is 31.5. The largest absolute Gasteiger partial charge is 0.462 e. The molecule has 7 N–H and O–H groups in total. The molecule has 5 heterocycles. The molecular formula is C61H102O24. The lowest BCUT2D eigenvalue weighted by atomic mass is 9.42. The monoisotopic (exact) mass is 1220 g/mol. The van der Waals surface area contributed by atoms with Crippen molar-refractivity contribution in [3.8, 4) is 0 Å². The number of aliphatic hydroxyl groups excluding tert-OH is 5. The van der Waals surface area contributed by atoms with Gasteiger partial charge >= 0.3 is 11.9 Å². The summed E-state index contributed by atoms with van der Waals surface area (Å²) in [6, 6.07) is 0. The Balaban J connectivity index is 0.749. The maximum absolute atomic E-state index is 13.1. The van der Waals surface area contributed by atoms with Gasteiger partial charge in [0, 0.05) is 53.9 Å². The fraction of sp³-hybridized carbons (Fsp3) is 0.967. The summed E-state index contributed by atoms with van der Waals surface area (Å²) in [5.41, 5.74) is -4.54. The Morgan fingerprint density at radius 2 is 1.12 bits per heavy atom. The van der Waals surface area contributed by atoms with E-state index >= 15 is 0 Å². The summed E-state index contributed by atoms with van der Waals surface area (Å²) in [7, 11) is 4.70. The smallest absolute Gasteiger partial charge is 0.309 e. The molecule has 1 unspecified atom stereocenters. The Kier molecular flexibility index (Phi) is 21.6. The molecule has 0 radical (unpaired) electrons. The van der Waals surface area contributed by atoms with E-state index in [9.17, 15) is 45.3 Å². The Bertz CT molecular complexity index is 2200. The van der Waals surface area contributed by atoms with Gasteiger partial charge in [0.05, 0.1) is 78.5 Å². The molecule has 32 atom stereocenters. The average Bonchev–Trinajstić information content (AvgIpc) is 1.94. The SMILES string of the molecule is CCC(C)C(=O)O[C@@H](C)[C@]1(O)CC[C@]2(O)[C@@H]3CC[C@H]4C[C@@H](O[C@H]5C[C@H](O)[C@H](O[C@H]6C[C@H](OC)[C@H](O[C@H]7C[C@@H](OC)[C@H](O[C@H]8C[C@@H](OC)[C@H](O[C@@H]9O[C@H](CO)[C@@H](O)[C@H](O)[C@H]9O)[C@@H](C)O8)[C@@H](C)O7)[C@@H](C)O6)[C@@H](C)O5)CC[C@]4(C)[C@H]3C[C@@H](OC(C)=O)[C@]12C. The Hall–Kier alpha value is -1.86. The molecule has 0 amide bonds. The van der Waals surface area contributed by atoms with Crippen LogP contribution in [0.25, 0.3) is 0 Å². The third kappa shape index (κ3) is 12.9. The molecule has 5 aliphatic heterocycles. The Morgan fingerprint density at radius 1 is 0.600 bits per heavy atom. The highest BCUT2D eigenvalue weighted by Crippen LogP contribution is 2.71. The predicted octanol–water partition coefficient (Wildman–Crippen LogP) is 3.07. The van der Waals surface area contributed by atoms with Gasteiger partial charge in [-0.1, -0.05) is 27.7 Å². The third-order valence-corrected chi connectivity index (χ3v) is 22.2. The van der Waals surface area contributed by atoms with Gasteiger partial charge in [-0.2, -0.15) is 0 Å². The van der Waals surface area contributed by atoms with Crippen LogP contribution in [0.5, 0.6) is 0 Å². The fourth-order valence-electron chi connectivity index (χ4n) is 16.8. The van der Waals surface area contributed by atoms with Gasteiger partial charge in [0.2, 0.25) is 0 Å². The number of methoxy groups -OCH3 is 3. The van der Waals surface area contributed by atoms with Crippen LogP contribution in [-0.2, 0) is 80.6 Å². The number of fused-ring (bicyclic) bond motifs is 5. The minimum absolute atomic E-state index is 0.0112. The zero-order valence-electron chi connectivity index (χ0n) is 52.1. The first kappa shape index (κ1) is 67.5. The second-order valence-electron chi connectivity index (χ2n) is 26.8. The molecule has 0 spiro atoms. The maximum atomic E-state index is 13.1. The van der Waals surface area contributed by atoms with Crippen LogP contribution in [0.4, 0.5) is 0 Å². The van der Waals surface area contributed by atoms with Crippen molar-refractivity contribution in [1.29, 1.82) is 0 Å². The quantitative estimate of drug-likeness (QED) is 0.0722. The van der Waals surface area contributed by atoms with E-state index in [-0.39, 0.29) is 60.9 Å². The molecule has 0 aromatic heterocycles. The van der Waals surface area contributed by atoms with E-state index in [4.69, 9.17) is 71.1 Å². The van der Waals surface area contributed by atoms with Gasteiger partial charge in [-0.05, 0) is 116 Å². The van der Waals surface area contributed by atoms with Crippen LogP contribution in [0.1, 0.15) is 153 Å². The number of carbonyl (C=O) groups is 2. The molecule has 85 heavy (non-hydrogen) atoms. The van der Waals surface area contributed by atoms with Crippen LogP contribution >= 0.6 is 0 Å². The van der Waals surface area contributed by atoms with E-state index in [1.807, 2.05) is 34.6 Å². The number of aliphatic hydroxyl groups is 7. The summed E-state index contributed by atoms with van der Waals surface area (Å²) in [5, 5.41) is 78.3. The summed E-state index contributed by atoms with van der Waals surface area (Å²) in [6.45, 7) is 17.6. The van der Waals surface area contributed by atoms with Crippen LogP contribution in [0.3, 0.4) is 0 Å². The molecule has 0 bridgehead atoms. The van der Waals surface area contributed by atoms with Crippen LogP contribution in [0.2, 0.25) is 0 Å². The van der Waals surface area contributed by atoms with Gasteiger partial charge in [0.1, 0.15) is 66.6 Å². The summed E-state index contributed by atoms with van der Waals surface area (Å²) in [6.07, 6.45) is -13.1. The minimum atomic E-state index is -1.63. The number of carbonyl (C=O) groups excluding carboxylic acids is 2. The molecule has 9 aliphatic rings. The van der Waals surface area contributed by atoms with Crippen LogP contribution in [-0.4, -0.2) is 234 Å². The fourth-order valence-corrected chi connectivity index (χ4v) is 16.8. The molecule has 24 heteroatoms. The highest BCUT2D eigenvalue weighted by atomic mass is 16.8. The van der Waals surface area contributed by atoms with Crippen molar-refractivity contribution in [2.75, 3.05) is 27.9 Å². The van der Waals surface area contributed by atoms with E-state index in [0.29, 0.717) is 25.7 Å². The molecule has 9 fully saturated rings. The summed E-state index contributed by atoms with van der Waals surface area (Å²) >= 11 is 0. The first-order valence-corrected chi connectivity index (χ1v) is 31.5. The number of esters is 2. The number of hydrogen-bond donors (Lipinski definition) is 7. The zero-order valence-corrected chi connectivity index (χ0v) is 52.1. The van der Waals surface area contributed by atoms with Gasteiger partial charge in [-0.15, -0.1) is 0 Å². The highest BCUT2D eigenvalue weighted by Gasteiger charge is 2.77. The van der Waals surface area contributed by atoms with E-state index < -0.39 is 176 Å². The molecular weight excluding hydrogens is 1120 g/mol. The van der Waals surface area contributed by atoms with Crippen molar-refractivity contribution in [3.05, 3.63) is 0 Å². The van der Waals surface area contributed by atoms with Crippen molar-refractivity contribution in [1.82, 2.24) is 0 Å². The normalized spacial score (nSPS) is 50.9. The Labute approximate surface area is 500 Å². The first-order chi connectivity index (χ1) is 40.2. The highest BCUT2D eigenvalue weighted by molar-refractivity contribution is 5.72. The lowest BCUT2D eigenvalue weighted by Gasteiger charge is -2.66. The number of hydrogen-bond acceptors (Lipinski definition) is 24. The van der Waals surface area contributed by atoms with Crippen LogP contribution < -0.4 is 0 Å². The van der Waals surface area contributed by atoms with E-state index in [1.54, 1.807) is 35.0 Å². The molecule has 0 aromatic carbocycles. The van der Waals surface area contributed by atoms with E-state index in [1.165, 1.54) is 14.0 Å². The van der Waals surface area contributed by atoms with Crippen molar-refractivity contribution in [2.24, 2.45) is 34.5 Å². The molecule has 490 valence electrons. The molecule has 0 aromatic rings. The van der Waals surface area contributed by atoms with Gasteiger partial charge in [0.15, 0.2) is 31.5 Å². The lowest BCUT2D eigenvalue weighted by Crippen LogP contribution is -2.72. The van der Waals surface area contributed by atoms with Gasteiger partial charge in [-0.3, -0.25) is 9.59 Å². The van der Waals surface area contributed by atoms with Crippen LogP contribution in [0, 0.1) is 34.5 Å². The maximum Gasteiger partial charge on any atom is 0.309 e. The second-order valence-corrected chi connectivity index (χ2v) is 26.8. The topological polar surface area (TPSA) is 314 Å². The zero-order chi connectivity index (χ0) is 61.8. The molecule has 4 saturated carbocycles. The van der Waals surface area contributed by atoms with E-state index in [2.05, 4.69) is 6.92 Å². The third-order valence-electron chi connectivity index (χ3n) is 22.2. The van der Waals surface area contributed by atoms with E-state index in [0.717, 1.165) is 32.1 Å². The summed E-state index contributed by atoms with van der Waals surface area (Å²) < 4.78 is 93.5. The van der Waals surface area contributed by atoms with Crippen molar-refractivity contribution in [2.45, 2.75) is 311 Å². The van der Waals surface area contributed by atoms with Crippen molar-refractivity contribution in [3.63, 3.8) is 0 Å². The molecule has 24 nitrogen and oxygen atoms in total. The number of rotatable bonds is 19.